The number of carbonyl (C=O) groups excluding carboxylic acids is 2. The summed E-state index contributed by atoms with van der Waals surface area (Å²) in [6.45, 7) is 3.07. The number of rotatable bonds is 6. The maximum Gasteiger partial charge on any atom is 0.337 e. The van der Waals surface area contributed by atoms with Gasteiger partial charge in [0.1, 0.15) is 0 Å². The average Bonchev–Trinajstić information content (AvgIpc) is 3.47. The molecule has 1 amide bonds. The summed E-state index contributed by atoms with van der Waals surface area (Å²) in [6, 6.07) is 17.0. The molecule has 1 saturated heterocycles. The number of pyridine rings is 1. The van der Waals surface area contributed by atoms with Gasteiger partial charge < -0.3 is 10.1 Å². The summed E-state index contributed by atoms with van der Waals surface area (Å²) >= 11 is 0. The van der Waals surface area contributed by atoms with Gasteiger partial charge in [0.05, 0.1) is 18.2 Å². The number of ether oxygens (including phenoxy) is 1. The minimum atomic E-state index is -0.256. The lowest BCUT2D eigenvalue weighted by atomic mass is 9.84. The van der Waals surface area contributed by atoms with Gasteiger partial charge in [-0.15, -0.1) is 0 Å². The predicted molar refractivity (Wildman–Crippen MR) is 144 cm³/mol. The first-order chi connectivity index (χ1) is 18.0. The number of hydrogen-bond donors (Lipinski definition) is 1. The van der Waals surface area contributed by atoms with Crippen LogP contribution in [0.4, 0.5) is 0 Å². The van der Waals surface area contributed by atoms with Gasteiger partial charge in [-0.1, -0.05) is 18.2 Å². The molecule has 2 aromatic carbocycles. The molecule has 1 N–H and O–H groups in total. The molecule has 3 heterocycles. The maximum absolute atomic E-state index is 13.1. The largest absolute Gasteiger partial charge is 0.465 e. The molecule has 192 valence electrons. The Kier molecular flexibility index (Phi) is 6.45. The summed E-state index contributed by atoms with van der Waals surface area (Å²) in [5, 5.41) is 4.22. The van der Waals surface area contributed by atoms with Crippen LogP contribution in [0.3, 0.4) is 0 Å². The SMILES string of the molecule is COC(=O)c1ccc2c(c1)C1CCC2N1CCC1CCC(NC(=O)c2cccc3nc(C)ccc23)CC1. The van der Waals surface area contributed by atoms with E-state index in [9.17, 15) is 9.59 Å². The van der Waals surface area contributed by atoms with E-state index >= 15 is 0 Å². The van der Waals surface area contributed by atoms with Crippen molar-refractivity contribution in [1.82, 2.24) is 15.2 Å². The van der Waals surface area contributed by atoms with Crippen LogP contribution in [0.1, 0.15) is 94.6 Å². The van der Waals surface area contributed by atoms with E-state index in [4.69, 9.17) is 4.74 Å². The number of aryl methyl sites for hydroxylation is 1. The number of hydrogen-bond acceptors (Lipinski definition) is 5. The van der Waals surface area contributed by atoms with Crippen molar-refractivity contribution >= 4 is 22.8 Å². The Morgan fingerprint density at radius 1 is 0.973 bits per heavy atom. The fourth-order valence-corrected chi connectivity index (χ4v) is 6.90. The first kappa shape index (κ1) is 24.1. The van der Waals surface area contributed by atoms with E-state index in [0.29, 0.717) is 29.1 Å². The van der Waals surface area contributed by atoms with Crippen molar-refractivity contribution < 1.29 is 14.3 Å². The molecule has 6 rings (SSSR count). The van der Waals surface area contributed by atoms with Crippen LogP contribution < -0.4 is 5.32 Å². The zero-order valence-corrected chi connectivity index (χ0v) is 21.7. The standard InChI is InChI=1S/C31H35N3O3/c1-19-6-12-23-25(4-3-5-27(23)32-19)30(35)33-22-10-7-20(8-11-22)16-17-34-28-14-15-29(34)26-18-21(31(36)37-2)9-13-24(26)28/h3-6,9,12-13,18,20,22,28-29H,7-8,10-11,14-17H2,1-2H3,(H,33,35). The van der Waals surface area contributed by atoms with Gasteiger partial charge in [0.25, 0.3) is 5.91 Å². The number of aromatic nitrogens is 1. The highest BCUT2D eigenvalue weighted by molar-refractivity contribution is 6.06. The van der Waals surface area contributed by atoms with Crippen LogP contribution in [-0.2, 0) is 4.74 Å². The Hall–Kier alpha value is -3.25. The third kappa shape index (κ3) is 4.52. The van der Waals surface area contributed by atoms with E-state index in [2.05, 4.69) is 27.3 Å². The van der Waals surface area contributed by atoms with Gasteiger partial charge in [-0.05, 0) is 106 Å². The zero-order valence-electron chi connectivity index (χ0n) is 21.7. The number of esters is 1. The number of methoxy groups -OCH3 is 1. The molecule has 2 bridgehead atoms. The monoisotopic (exact) mass is 497 g/mol. The molecule has 6 heteroatoms. The van der Waals surface area contributed by atoms with Crippen LogP contribution in [0.25, 0.3) is 10.9 Å². The van der Waals surface area contributed by atoms with Crippen LogP contribution in [0.5, 0.6) is 0 Å². The molecule has 6 nitrogen and oxygen atoms in total. The second kappa shape index (κ2) is 9.90. The average molecular weight is 498 g/mol. The Bertz CT molecular complexity index is 1340. The van der Waals surface area contributed by atoms with Gasteiger partial charge in [0, 0.05) is 34.8 Å². The zero-order chi connectivity index (χ0) is 25.5. The molecule has 1 aliphatic carbocycles. The molecule has 1 saturated carbocycles. The van der Waals surface area contributed by atoms with E-state index in [0.717, 1.165) is 48.8 Å². The Labute approximate surface area is 218 Å². The summed E-state index contributed by atoms with van der Waals surface area (Å²) in [4.78, 5) is 32.3. The fourth-order valence-electron chi connectivity index (χ4n) is 6.90. The van der Waals surface area contributed by atoms with Crippen LogP contribution in [0, 0.1) is 12.8 Å². The Morgan fingerprint density at radius 3 is 2.54 bits per heavy atom. The highest BCUT2D eigenvalue weighted by Crippen LogP contribution is 2.53. The van der Waals surface area contributed by atoms with Crippen molar-refractivity contribution in [3.63, 3.8) is 0 Å². The van der Waals surface area contributed by atoms with Gasteiger partial charge in [-0.3, -0.25) is 14.7 Å². The lowest BCUT2D eigenvalue weighted by molar-refractivity contribution is 0.0600. The predicted octanol–water partition coefficient (Wildman–Crippen LogP) is 5.90. The minimum absolute atomic E-state index is 0.0115. The quantitative estimate of drug-likeness (QED) is 0.429. The minimum Gasteiger partial charge on any atom is -0.465 e. The number of fused-ring (bicyclic) bond motifs is 6. The van der Waals surface area contributed by atoms with E-state index < -0.39 is 0 Å². The number of benzene rings is 2. The van der Waals surface area contributed by atoms with Crippen molar-refractivity contribution in [3.8, 4) is 0 Å². The third-order valence-electron chi connectivity index (χ3n) is 8.83. The number of nitrogens with zero attached hydrogens (tertiary/aromatic N) is 2. The topological polar surface area (TPSA) is 71.5 Å². The highest BCUT2D eigenvalue weighted by atomic mass is 16.5. The molecule has 2 aliphatic heterocycles. The number of nitrogens with one attached hydrogen (secondary N) is 1. The van der Waals surface area contributed by atoms with E-state index in [-0.39, 0.29) is 17.9 Å². The molecule has 2 unspecified atom stereocenters. The summed E-state index contributed by atoms with van der Waals surface area (Å²) in [5.41, 5.74) is 5.92. The van der Waals surface area contributed by atoms with Crippen molar-refractivity contribution in [2.45, 2.75) is 70.0 Å². The van der Waals surface area contributed by atoms with E-state index in [1.807, 2.05) is 43.3 Å². The van der Waals surface area contributed by atoms with Crippen molar-refractivity contribution in [1.29, 1.82) is 0 Å². The second-order valence-corrected chi connectivity index (χ2v) is 11.0. The van der Waals surface area contributed by atoms with Gasteiger partial charge >= 0.3 is 5.97 Å². The van der Waals surface area contributed by atoms with Gasteiger partial charge in [0.15, 0.2) is 0 Å². The first-order valence-electron chi connectivity index (χ1n) is 13.7. The lowest BCUT2D eigenvalue weighted by Crippen LogP contribution is -2.38. The van der Waals surface area contributed by atoms with Crippen LogP contribution in [0.15, 0.2) is 48.5 Å². The van der Waals surface area contributed by atoms with Crippen molar-refractivity contribution in [2.75, 3.05) is 13.7 Å². The molecule has 2 fully saturated rings. The summed E-state index contributed by atoms with van der Waals surface area (Å²) in [6.07, 6.45) is 7.96. The molecule has 3 aliphatic rings. The molecule has 37 heavy (non-hydrogen) atoms. The normalized spacial score (nSPS) is 24.7. The van der Waals surface area contributed by atoms with Crippen molar-refractivity contribution in [2.24, 2.45) is 5.92 Å². The smallest absolute Gasteiger partial charge is 0.337 e. The molecule has 2 atom stereocenters. The molecule has 0 spiro atoms. The summed E-state index contributed by atoms with van der Waals surface area (Å²) in [7, 11) is 1.44. The Morgan fingerprint density at radius 2 is 1.76 bits per heavy atom. The molecular weight excluding hydrogens is 462 g/mol. The summed E-state index contributed by atoms with van der Waals surface area (Å²) in [5.74, 6) is 0.456. The Balaban J connectivity index is 1.02. The number of carbonyl (C=O) groups is 2. The van der Waals surface area contributed by atoms with Gasteiger partial charge in [0.2, 0.25) is 0 Å². The van der Waals surface area contributed by atoms with Crippen LogP contribution >= 0.6 is 0 Å². The van der Waals surface area contributed by atoms with E-state index in [1.165, 1.54) is 37.5 Å². The van der Waals surface area contributed by atoms with Crippen LogP contribution in [0.2, 0.25) is 0 Å². The fraction of sp³-hybridized carbons (Fsp3) is 0.452. The summed E-state index contributed by atoms with van der Waals surface area (Å²) < 4.78 is 4.93. The highest BCUT2D eigenvalue weighted by Gasteiger charge is 2.43. The number of amides is 1. The van der Waals surface area contributed by atoms with Crippen molar-refractivity contribution in [3.05, 3.63) is 76.5 Å². The van der Waals surface area contributed by atoms with Gasteiger partial charge in [-0.2, -0.15) is 0 Å². The second-order valence-electron chi connectivity index (χ2n) is 11.0. The van der Waals surface area contributed by atoms with Gasteiger partial charge in [-0.25, -0.2) is 4.79 Å². The maximum atomic E-state index is 13.1. The first-order valence-corrected chi connectivity index (χ1v) is 13.7. The van der Waals surface area contributed by atoms with E-state index in [1.54, 1.807) is 0 Å². The molecule has 0 radical (unpaired) electrons. The molecule has 1 aromatic heterocycles. The van der Waals surface area contributed by atoms with Crippen LogP contribution in [-0.4, -0.2) is 41.5 Å². The molecule has 3 aromatic rings. The lowest BCUT2D eigenvalue weighted by Gasteiger charge is -2.31. The molecular formula is C31H35N3O3. The third-order valence-corrected chi connectivity index (χ3v) is 8.83.